The van der Waals surface area contributed by atoms with Crippen molar-refractivity contribution in [3.05, 3.63) is 35.4 Å². The van der Waals surface area contributed by atoms with Crippen molar-refractivity contribution in [2.75, 3.05) is 0 Å². The number of carbonyl (C=O) groups is 1. The van der Waals surface area contributed by atoms with E-state index in [1.165, 1.54) is 0 Å². The van der Waals surface area contributed by atoms with Gasteiger partial charge in [-0.05, 0) is 11.5 Å². The summed E-state index contributed by atoms with van der Waals surface area (Å²) in [6.45, 7) is 4.42. The van der Waals surface area contributed by atoms with E-state index in [9.17, 15) is 4.79 Å². The maximum Gasteiger partial charge on any atom is 0.293 e. The first-order chi connectivity index (χ1) is 7.56. The number of carbonyl (C=O) groups excluding carboxylic acids is 1. The number of nitrogens with one attached hydrogen (secondary N) is 1. The Balaban J connectivity index is 2.93. The number of rotatable bonds is 5. The molecule has 1 atom stereocenters. The van der Waals surface area contributed by atoms with Crippen LogP contribution in [-0.2, 0) is 9.53 Å². The van der Waals surface area contributed by atoms with Gasteiger partial charge in [-0.25, -0.2) is 0 Å². The average Bonchev–Trinajstić information content (AvgIpc) is 2.25. The lowest BCUT2D eigenvalue weighted by molar-refractivity contribution is -0.136. The molecule has 0 fully saturated rings. The number of nitrogen functional groups attached to an aromatic ring is 1. The molecular weight excluding hydrogens is 204 g/mol. The van der Waals surface area contributed by atoms with Crippen molar-refractivity contribution < 1.29 is 9.53 Å². The first-order valence-corrected chi connectivity index (χ1v) is 5.09. The van der Waals surface area contributed by atoms with E-state index in [0.717, 1.165) is 5.56 Å². The van der Waals surface area contributed by atoms with Crippen molar-refractivity contribution in [1.82, 2.24) is 0 Å². The lowest BCUT2D eigenvalue weighted by atomic mass is 9.98. The number of ether oxygens (including phenoxy) is 1. The largest absolute Gasteiger partial charge is 0.459 e. The quantitative estimate of drug-likeness (QED) is 0.451. The molecule has 86 valence electrons. The van der Waals surface area contributed by atoms with Gasteiger partial charge in [0.25, 0.3) is 6.47 Å². The van der Waals surface area contributed by atoms with Gasteiger partial charge >= 0.3 is 0 Å². The summed E-state index contributed by atoms with van der Waals surface area (Å²) in [6.07, 6.45) is -0.251. The van der Waals surface area contributed by atoms with Crippen LogP contribution in [0.1, 0.15) is 31.1 Å². The summed E-state index contributed by atoms with van der Waals surface area (Å²) in [4.78, 5) is 10.4. The Labute approximate surface area is 94.9 Å². The van der Waals surface area contributed by atoms with Gasteiger partial charge < -0.3 is 10.5 Å². The fourth-order valence-electron chi connectivity index (χ4n) is 1.53. The van der Waals surface area contributed by atoms with E-state index in [2.05, 4.69) is 0 Å². The van der Waals surface area contributed by atoms with E-state index < -0.39 is 0 Å². The Kier molecular flexibility index (Phi) is 4.05. The maximum atomic E-state index is 10.4. The summed E-state index contributed by atoms with van der Waals surface area (Å²) >= 11 is 0. The van der Waals surface area contributed by atoms with Crippen LogP contribution in [-0.4, -0.2) is 12.3 Å². The third-order valence-electron chi connectivity index (χ3n) is 2.36. The molecule has 0 aromatic heterocycles. The lowest BCUT2D eigenvalue weighted by Gasteiger charge is -2.19. The highest BCUT2D eigenvalue weighted by Gasteiger charge is 2.16. The van der Waals surface area contributed by atoms with Crippen LogP contribution in [0.25, 0.3) is 0 Å². The molecule has 3 N–H and O–H groups in total. The van der Waals surface area contributed by atoms with Crippen LogP contribution in [0, 0.1) is 11.3 Å². The maximum absolute atomic E-state index is 10.4. The first-order valence-electron chi connectivity index (χ1n) is 5.09. The second-order valence-electron chi connectivity index (χ2n) is 3.93. The standard InChI is InChI=1S/C12H16N2O2/c1-8(2)11(16-7-15)9-3-5-10(6-4-9)12(13)14/h3-8,11H,1-2H3,(H3,13,14). The molecule has 0 aliphatic heterocycles. The predicted molar refractivity (Wildman–Crippen MR) is 62.2 cm³/mol. The summed E-state index contributed by atoms with van der Waals surface area (Å²) in [5.74, 6) is 0.234. The Morgan fingerprint density at radius 1 is 1.38 bits per heavy atom. The SMILES string of the molecule is CC(C)C(OC=O)c1ccc(C(=N)N)cc1. The zero-order chi connectivity index (χ0) is 12.1. The molecule has 1 aromatic carbocycles. The molecule has 0 amide bonds. The zero-order valence-corrected chi connectivity index (χ0v) is 9.44. The van der Waals surface area contributed by atoms with Gasteiger partial charge in [0.1, 0.15) is 11.9 Å². The number of hydrogen-bond acceptors (Lipinski definition) is 3. The molecule has 16 heavy (non-hydrogen) atoms. The highest BCUT2D eigenvalue weighted by atomic mass is 16.5. The highest BCUT2D eigenvalue weighted by Crippen LogP contribution is 2.25. The third kappa shape index (κ3) is 2.82. The fourth-order valence-corrected chi connectivity index (χ4v) is 1.53. The zero-order valence-electron chi connectivity index (χ0n) is 9.44. The Morgan fingerprint density at radius 3 is 2.31 bits per heavy atom. The van der Waals surface area contributed by atoms with Gasteiger partial charge in [-0.1, -0.05) is 38.1 Å². The molecule has 0 saturated heterocycles. The molecule has 0 bridgehead atoms. The second kappa shape index (κ2) is 5.30. The van der Waals surface area contributed by atoms with Gasteiger partial charge in [0.15, 0.2) is 0 Å². The first kappa shape index (κ1) is 12.2. The van der Waals surface area contributed by atoms with Gasteiger partial charge in [-0.3, -0.25) is 10.2 Å². The molecular formula is C12H16N2O2. The van der Waals surface area contributed by atoms with Crippen molar-refractivity contribution in [3.8, 4) is 0 Å². The van der Waals surface area contributed by atoms with Crippen LogP contribution in [0.3, 0.4) is 0 Å². The van der Waals surface area contributed by atoms with Crippen molar-refractivity contribution in [2.24, 2.45) is 11.7 Å². The van der Waals surface area contributed by atoms with E-state index in [1.54, 1.807) is 12.1 Å². The van der Waals surface area contributed by atoms with Gasteiger partial charge in [0.2, 0.25) is 0 Å². The van der Waals surface area contributed by atoms with Gasteiger partial charge in [0.05, 0.1) is 0 Å². The minimum Gasteiger partial charge on any atom is -0.459 e. The molecule has 0 heterocycles. The minimum atomic E-state index is -0.251. The molecule has 0 saturated carbocycles. The van der Waals surface area contributed by atoms with E-state index in [1.807, 2.05) is 26.0 Å². The number of hydrogen-bond donors (Lipinski definition) is 2. The monoisotopic (exact) mass is 220 g/mol. The Bertz CT molecular complexity index is 371. The number of amidine groups is 1. The molecule has 1 rings (SSSR count). The third-order valence-corrected chi connectivity index (χ3v) is 2.36. The Hall–Kier alpha value is -1.84. The lowest BCUT2D eigenvalue weighted by Crippen LogP contribution is -2.13. The minimum absolute atomic E-state index is 0.0314. The van der Waals surface area contributed by atoms with Crippen molar-refractivity contribution in [1.29, 1.82) is 5.41 Å². The van der Waals surface area contributed by atoms with E-state index in [0.29, 0.717) is 12.0 Å². The second-order valence-corrected chi connectivity index (χ2v) is 3.93. The van der Waals surface area contributed by atoms with Crippen LogP contribution >= 0.6 is 0 Å². The Morgan fingerprint density at radius 2 is 1.94 bits per heavy atom. The van der Waals surface area contributed by atoms with Crippen molar-refractivity contribution in [2.45, 2.75) is 20.0 Å². The highest BCUT2D eigenvalue weighted by molar-refractivity contribution is 5.94. The van der Waals surface area contributed by atoms with E-state index in [-0.39, 0.29) is 17.9 Å². The normalized spacial score (nSPS) is 12.2. The topological polar surface area (TPSA) is 76.2 Å². The summed E-state index contributed by atoms with van der Waals surface area (Å²) in [6, 6.07) is 7.15. The molecule has 0 radical (unpaired) electrons. The van der Waals surface area contributed by atoms with Gasteiger partial charge in [0, 0.05) is 5.56 Å². The van der Waals surface area contributed by atoms with E-state index >= 15 is 0 Å². The van der Waals surface area contributed by atoms with Crippen LogP contribution < -0.4 is 5.73 Å². The number of benzene rings is 1. The van der Waals surface area contributed by atoms with Gasteiger partial charge in [-0.2, -0.15) is 0 Å². The van der Waals surface area contributed by atoms with Gasteiger partial charge in [-0.15, -0.1) is 0 Å². The molecule has 0 aliphatic rings. The van der Waals surface area contributed by atoms with Crippen LogP contribution in [0.4, 0.5) is 0 Å². The van der Waals surface area contributed by atoms with Crippen molar-refractivity contribution >= 4 is 12.3 Å². The molecule has 1 aromatic rings. The summed E-state index contributed by atoms with van der Waals surface area (Å²) in [7, 11) is 0. The smallest absolute Gasteiger partial charge is 0.293 e. The molecule has 0 spiro atoms. The molecule has 1 unspecified atom stereocenters. The fraction of sp³-hybridized carbons (Fsp3) is 0.333. The van der Waals surface area contributed by atoms with Crippen molar-refractivity contribution in [3.63, 3.8) is 0 Å². The summed E-state index contributed by atoms with van der Waals surface area (Å²) in [5.41, 5.74) is 6.93. The van der Waals surface area contributed by atoms with Crippen LogP contribution in [0.5, 0.6) is 0 Å². The molecule has 4 nitrogen and oxygen atoms in total. The molecule has 4 heteroatoms. The summed E-state index contributed by atoms with van der Waals surface area (Å²) < 4.78 is 5.02. The predicted octanol–water partition coefficient (Wildman–Crippen LogP) is 1.84. The van der Waals surface area contributed by atoms with Crippen LogP contribution in [0.2, 0.25) is 0 Å². The summed E-state index contributed by atoms with van der Waals surface area (Å²) in [5, 5.41) is 7.27. The average molecular weight is 220 g/mol. The molecule has 0 aliphatic carbocycles. The van der Waals surface area contributed by atoms with Crippen LogP contribution in [0.15, 0.2) is 24.3 Å². The van der Waals surface area contributed by atoms with E-state index in [4.69, 9.17) is 15.9 Å². The number of nitrogens with two attached hydrogens (primary N) is 1.